The molecule has 0 saturated carbocycles. The van der Waals surface area contributed by atoms with Crippen molar-refractivity contribution in [1.82, 2.24) is 5.43 Å². The number of benzene rings is 3. The molecule has 164 valence electrons. The Morgan fingerprint density at radius 1 is 0.875 bits per heavy atom. The van der Waals surface area contributed by atoms with Gasteiger partial charge in [-0.15, -0.1) is 0 Å². The molecule has 32 heavy (non-hydrogen) atoms. The number of halogens is 2. The van der Waals surface area contributed by atoms with Crippen LogP contribution in [0.25, 0.3) is 0 Å². The van der Waals surface area contributed by atoms with Crippen molar-refractivity contribution in [3.05, 3.63) is 87.4 Å². The van der Waals surface area contributed by atoms with Crippen molar-refractivity contribution < 1.29 is 23.8 Å². The molecule has 1 N–H and O–H groups in total. The number of hydrogen-bond acceptors (Lipinski definition) is 6. The van der Waals surface area contributed by atoms with Gasteiger partial charge in [0, 0.05) is 0 Å². The summed E-state index contributed by atoms with van der Waals surface area (Å²) in [5.74, 6) is -0.0857. The number of esters is 1. The molecule has 3 aromatic rings. The minimum absolute atomic E-state index is 0.207. The van der Waals surface area contributed by atoms with Gasteiger partial charge in [-0.05, 0) is 54.1 Å². The predicted octanol–water partition coefficient (Wildman–Crippen LogP) is 4.99. The average Bonchev–Trinajstić information content (AvgIpc) is 2.81. The van der Waals surface area contributed by atoms with Gasteiger partial charge in [0.2, 0.25) is 0 Å². The standard InChI is InChI=1S/C23H18Cl2N2O5/c1-30-19-6-4-3-5-16(19)22(28)27-26-13-14-7-10-20(21(11-14)31-2)32-23(29)15-8-9-17(24)18(25)12-15/h3-13H,1-2H3,(H,27,28)/b26-13+. The summed E-state index contributed by atoms with van der Waals surface area (Å²) in [6.45, 7) is 0. The summed E-state index contributed by atoms with van der Waals surface area (Å²) in [6.07, 6.45) is 1.43. The number of para-hydroxylation sites is 1. The number of methoxy groups -OCH3 is 2. The first-order valence-electron chi connectivity index (χ1n) is 9.24. The number of hydrazone groups is 1. The van der Waals surface area contributed by atoms with E-state index in [0.29, 0.717) is 27.6 Å². The third kappa shape index (κ3) is 5.57. The Morgan fingerprint density at radius 3 is 2.34 bits per heavy atom. The van der Waals surface area contributed by atoms with Crippen molar-refractivity contribution >= 4 is 41.3 Å². The van der Waals surface area contributed by atoms with Crippen LogP contribution >= 0.6 is 23.2 Å². The molecule has 7 nitrogen and oxygen atoms in total. The van der Waals surface area contributed by atoms with Crippen LogP contribution in [0.1, 0.15) is 26.3 Å². The molecule has 0 aromatic heterocycles. The third-order valence-electron chi connectivity index (χ3n) is 4.28. The van der Waals surface area contributed by atoms with Crippen LogP contribution < -0.4 is 19.6 Å². The summed E-state index contributed by atoms with van der Waals surface area (Å²) >= 11 is 11.8. The third-order valence-corrected chi connectivity index (χ3v) is 5.02. The first kappa shape index (κ1) is 23.1. The molecule has 0 bridgehead atoms. The smallest absolute Gasteiger partial charge is 0.343 e. The van der Waals surface area contributed by atoms with Gasteiger partial charge in [0.15, 0.2) is 11.5 Å². The minimum atomic E-state index is -0.618. The van der Waals surface area contributed by atoms with Crippen LogP contribution in [0.4, 0.5) is 0 Å². The van der Waals surface area contributed by atoms with Crippen LogP contribution in [0.5, 0.6) is 17.2 Å². The lowest BCUT2D eigenvalue weighted by Gasteiger charge is -2.10. The second kappa shape index (κ2) is 10.7. The highest BCUT2D eigenvalue weighted by atomic mass is 35.5. The molecule has 3 rings (SSSR count). The van der Waals surface area contributed by atoms with Crippen LogP contribution in [0.15, 0.2) is 65.8 Å². The topological polar surface area (TPSA) is 86.2 Å². The van der Waals surface area contributed by atoms with Crippen LogP contribution in [0, 0.1) is 0 Å². The van der Waals surface area contributed by atoms with E-state index < -0.39 is 11.9 Å². The molecular weight excluding hydrogens is 455 g/mol. The lowest BCUT2D eigenvalue weighted by molar-refractivity contribution is 0.0729. The Hall–Kier alpha value is -3.55. The van der Waals surface area contributed by atoms with Crippen molar-refractivity contribution in [1.29, 1.82) is 0 Å². The van der Waals surface area contributed by atoms with Crippen molar-refractivity contribution in [3.8, 4) is 17.2 Å². The van der Waals surface area contributed by atoms with E-state index in [1.807, 2.05) is 0 Å². The first-order valence-corrected chi connectivity index (χ1v) is 10.00. The van der Waals surface area contributed by atoms with Gasteiger partial charge in [0.25, 0.3) is 5.91 Å². The number of carbonyl (C=O) groups is 2. The first-order chi connectivity index (χ1) is 15.4. The van der Waals surface area contributed by atoms with Gasteiger partial charge in [-0.2, -0.15) is 5.10 Å². The van der Waals surface area contributed by atoms with Gasteiger partial charge in [0.05, 0.1) is 41.6 Å². The van der Waals surface area contributed by atoms with Gasteiger partial charge in [-0.3, -0.25) is 4.79 Å². The monoisotopic (exact) mass is 472 g/mol. The molecule has 0 heterocycles. The van der Waals surface area contributed by atoms with Gasteiger partial charge in [0.1, 0.15) is 5.75 Å². The number of nitrogens with zero attached hydrogens (tertiary/aromatic N) is 1. The van der Waals surface area contributed by atoms with Gasteiger partial charge in [-0.1, -0.05) is 35.3 Å². The SMILES string of the molecule is COc1cc(/C=N/NC(=O)c2ccccc2OC)ccc1OC(=O)c1ccc(Cl)c(Cl)c1. The summed E-state index contributed by atoms with van der Waals surface area (Å²) in [6, 6.07) is 16.1. The lowest BCUT2D eigenvalue weighted by Crippen LogP contribution is -2.18. The predicted molar refractivity (Wildman–Crippen MR) is 122 cm³/mol. The quantitative estimate of drug-likeness (QED) is 0.226. The Morgan fingerprint density at radius 2 is 1.62 bits per heavy atom. The highest BCUT2D eigenvalue weighted by molar-refractivity contribution is 6.42. The summed E-state index contributed by atoms with van der Waals surface area (Å²) in [5, 5.41) is 4.53. The summed E-state index contributed by atoms with van der Waals surface area (Å²) in [4.78, 5) is 24.7. The molecular formula is C23H18Cl2N2O5. The van der Waals surface area contributed by atoms with E-state index in [2.05, 4.69) is 10.5 Å². The number of rotatable bonds is 7. The molecule has 0 unspecified atom stereocenters. The Bertz CT molecular complexity index is 1180. The number of amides is 1. The molecule has 0 saturated heterocycles. The van der Waals surface area contributed by atoms with Crippen LogP contribution in [-0.2, 0) is 0 Å². The van der Waals surface area contributed by atoms with E-state index in [0.717, 1.165) is 0 Å². The number of hydrogen-bond donors (Lipinski definition) is 1. The van der Waals surface area contributed by atoms with Gasteiger partial charge >= 0.3 is 5.97 Å². The van der Waals surface area contributed by atoms with Gasteiger partial charge in [-0.25, -0.2) is 10.2 Å². The summed E-state index contributed by atoms with van der Waals surface area (Å²) < 4.78 is 15.9. The maximum absolute atomic E-state index is 12.4. The second-order valence-electron chi connectivity index (χ2n) is 6.33. The van der Waals surface area contributed by atoms with E-state index >= 15 is 0 Å². The molecule has 0 fully saturated rings. The minimum Gasteiger partial charge on any atom is -0.496 e. The van der Waals surface area contributed by atoms with E-state index in [1.165, 1.54) is 38.6 Å². The number of nitrogens with one attached hydrogen (secondary N) is 1. The van der Waals surface area contributed by atoms with Crippen LogP contribution in [0.2, 0.25) is 10.0 Å². The largest absolute Gasteiger partial charge is 0.496 e. The van der Waals surface area contributed by atoms with E-state index in [-0.39, 0.29) is 16.3 Å². The van der Waals surface area contributed by atoms with Crippen LogP contribution in [-0.4, -0.2) is 32.3 Å². The molecule has 0 aliphatic rings. The average molecular weight is 473 g/mol. The Balaban J connectivity index is 1.70. The zero-order valence-electron chi connectivity index (χ0n) is 17.1. The molecule has 3 aromatic carbocycles. The number of ether oxygens (including phenoxy) is 3. The van der Waals surface area contributed by atoms with Gasteiger partial charge < -0.3 is 14.2 Å². The fraction of sp³-hybridized carbons (Fsp3) is 0.0870. The van der Waals surface area contributed by atoms with Crippen molar-refractivity contribution in [3.63, 3.8) is 0 Å². The molecule has 0 radical (unpaired) electrons. The molecule has 9 heteroatoms. The molecule has 1 amide bonds. The highest BCUT2D eigenvalue weighted by Crippen LogP contribution is 2.29. The lowest BCUT2D eigenvalue weighted by atomic mass is 10.2. The van der Waals surface area contributed by atoms with E-state index in [4.69, 9.17) is 37.4 Å². The summed E-state index contributed by atoms with van der Waals surface area (Å²) in [7, 11) is 2.92. The Kier molecular flexibility index (Phi) is 7.70. The second-order valence-corrected chi connectivity index (χ2v) is 7.14. The van der Waals surface area contributed by atoms with Crippen molar-refractivity contribution in [2.75, 3.05) is 14.2 Å². The molecule has 0 aliphatic heterocycles. The zero-order valence-corrected chi connectivity index (χ0v) is 18.6. The Labute approximate surface area is 194 Å². The van der Waals surface area contributed by atoms with Crippen molar-refractivity contribution in [2.45, 2.75) is 0 Å². The number of carbonyl (C=O) groups excluding carboxylic acids is 2. The van der Waals surface area contributed by atoms with Crippen LogP contribution in [0.3, 0.4) is 0 Å². The molecule has 0 atom stereocenters. The molecule has 0 spiro atoms. The highest BCUT2D eigenvalue weighted by Gasteiger charge is 2.14. The van der Waals surface area contributed by atoms with Crippen molar-refractivity contribution in [2.24, 2.45) is 5.10 Å². The zero-order chi connectivity index (χ0) is 23.1. The van der Waals surface area contributed by atoms with E-state index in [9.17, 15) is 9.59 Å². The fourth-order valence-electron chi connectivity index (χ4n) is 2.69. The normalized spacial score (nSPS) is 10.6. The maximum atomic E-state index is 12.4. The summed E-state index contributed by atoms with van der Waals surface area (Å²) in [5.41, 5.74) is 3.64. The molecule has 0 aliphatic carbocycles. The fourth-order valence-corrected chi connectivity index (χ4v) is 2.99. The van der Waals surface area contributed by atoms with E-state index in [1.54, 1.807) is 42.5 Å². The maximum Gasteiger partial charge on any atom is 0.343 e.